The van der Waals surface area contributed by atoms with E-state index in [1.54, 1.807) is 0 Å². The van der Waals surface area contributed by atoms with Gasteiger partial charge in [0.1, 0.15) is 5.82 Å². The average molecular weight is 380 g/mol. The molecule has 0 aliphatic heterocycles. The molecule has 1 aliphatic carbocycles. The van der Waals surface area contributed by atoms with E-state index in [0.29, 0.717) is 0 Å². The van der Waals surface area contributed by atoms with Crippen molar-refractivity contribution in [2.24, 2.45) is 5.92 Å². The van der Waals surface area contributed by atoms with Crippen LogP contribution < -0.4 is 0 Å². The van der Waals surface area contributed by atoms with Gasteiger partial charge in [0.2, 0.25) is 0 Å². The van der Waals surface area contributed by atoms with Gasteiger partial charge in [-0.25, -0.2) is 0 Å². The first-order valence-electron chi connectivity index (χ1n) is 10.4. The predicted molar refractivity (Wildman–Crippen MR) is 114 cm³/mol. The highest BCUT2D eigenvalue weighted by Crippen LogP contribution is 2.29. The lowest BCUT2D eigenvalue weighted by molar-refractivity contribution is 0.335. The maximum atomic E-state index is 4.54. The first kappa shape index (κ1) is 18.5. The Kier molecular flexibility index (Phi) is 6.13. The molecular weight excluding hydrogens is 350 g/mol. The zero-order valence-electron chi connectivity index (χ0n) is 16.2. The van der Waals surface area contributed by atoms with Crippen molar-refractivity contribution in [3.8, 4) is 0 Å². The third kappa shape index (κ3) is 4.37. The van der Waals surface area contributed by atoms with Gasteiger partial charge in [0, 0.05) is 18.7 Å². The SMILES string of the molecule is CCn1c(CCC2CCCCC2)nnc1SCc1cccc2ccccc12. The first-order chi connectivity index (χ1) is 13.3. The van der Waals surface area contributed by atoms with Crippen LogP contribution in [0.3, 0.4) is 0 Å². The summed E-state index contributed by atoms with van der Waals surface area (Å²) < 4.78 is 2.32. The van der Waals surface area contributed by atoms with Crippen LogP contribution in [0.5, 0.6) is 0 Å². The zero-order chi connectivity index (χ0) is 18.5. The van der Waals surface area contributed by atoms with E-state index in [0.717, 1.165) is 29.8 Å². The van der Waals surface area contributed by atoms with E-state index < -0.39 is 0 Å². The maximum Gasteiger partial charge on any atom is 0.191 e. The van der Waals surface area contributed by atoms with Crippen LogP contribution in [0.15, 0.2) is 47.6 Å². The Morgan fingerprint density at radius 3 is 2.67 bits per heavy atom. The number of aryl methyl sites for hydroxylation is 1. The number of hydrogen-bond acceptors (Lipinski definition) is 3. The molecular formula is C23H29N3S. The molecule has 27 heavy (non-hydrogen) atoms. The van der Waals surface area contributed by atoms with Crippen molar-refractivity contribution >= 4 is 22.5 Å². The van der Waals surface area contributed by atoms with Crippen molar-refractivity contribution in [3.63, 3.8) is 0 Å². The van der Waals surface area contributed by atoms with Crippen LogP contribution in [0.1, 0.15) is 56.8 Å². The Bertz CT molecular complexity index is 875. The minimum Gasteiger partial charge on any atom is -0.306 e. The van der Waals surface area contributed by atoms with E-state index in [1.165, 1.54) is 60.7 Å². The van der Waals surface area contributed by atoms with Crippen LogP contribution >= 0.6 is 11.8 Å². The Balaban J connectivity index is 1.43. The van der Waals surface area contributed by atoms with Gasteiger partial charge >= 0.3 is 0 Å². The van der Waals surface area contributed by atoms with Gasteiger partial charge in [0.25, 0.3) is 0 Å². The van der Waals surface area contributed by atoms with Crippen molar-refractivity contribution in [2.75, 3.05) is 0 Å². The molecule has 1 heterocycles. The van der Waals surface area contributed by atoms with E-state index in [4.69, 9.17) is 0 Å². The van der Waals surface area contributed by atoms with Crippen molar-refractivity contribution in [2.45, 2.75) is 69.3 Å². The molecule has 0 atom stereocenters. The number of hydrogen-bond donors (Lipinski definition) is 0. The first-order valence-corrected chi connectivity index (χ1v) is 11.3. The van der Waals surface area contributed by atoms with Crippen LogP contribution in [0.4, 0.5) is 0 Å². The number of aromatic nitrogens is 3. The number of rotatable bonds is 7. The number of thioether (sulfide) groups is 1. The fourth-order valence-electron chi connectivity index (χ4n) is 4.30. The monoisotopic (exact) mass is 379 g/mol. The smallest absolute Gasteiger partial charge is 0.191 e. The molecule has 0 bridgehead atoms. The highest BCUT2D eigenvalue weighted by Gasteiger charge is 2.17. The highest BCUT2D eigenvalue weighted by molar-refractivity contribution is 7.98. The predicted octanol–water partition coefficient (Wildman–Crippen LogP) is 6.26. The van der Waals surface area contributed by atoms with Gasteiger partial charge in [-0.2, -0.15) is 0 Å². The summed E-state index contributed by atoms with van der Waals surface area (Å²) >= 11 is 1.81. The highest BCUT2D eigenvalue weighted by atomic mass is 32.2. The minimum atomic E-state index is 0.896. The molecule has 142 valence electrons. The fraction of sp³-hybridized carbons (Fsp3) is 0.478. The molecule has 0 radical (unpaired) electrons. The maximum absolute atomic E-state index is 4.54. The lowest BCUT2D eigenvalue weighted by Gasteiger charge is -2.21. The van der Waals surface area contributed by atoms with E-state index in [1.807, 2.05) is 11.8 Å². The summed E-state index contributed by atoms with van der Waals surface area (Å²) in [4.78, 5) is 0. The molecule has 0 unspecified atom stereocenters. The van der Waals surface area contributed by atoms with Crippen molar-refractivity contribution < 1.29 is 0 Å². The Labute approximate surface area is 166 Å². The van der Waals surface area contributed by atoms with Gasteiger partial charge in [0.05, 0.1) is 0 Å². The molecule has 1 saturated carbocycles. The second-order valence-electron chi connectivity index (χ2n) is 7.61. The normalized spacial score (nSPS) is 15.4. The van der Waals surface area contributed by atoms with Crippen LogP contribution in [0.25, 0.3) is 10.8 Å². The summed E-state index contributed by atoms with van der Waals surface area (Å²) in [6, 6.07) is 15.2. The summed E-state index contributed by atoms with van der Waals surface area (Å²) in [5.74, 6) is 3.00. The quantitative estimate of drug-likeness (QED) is 0.454. The van der Waals surface area contributed by atoms with Gasteiger partial charge < -0.3 is 4.57 Å². The Hall–Kier alpha value is -1.81. The second-order valence-corrected chi connectivity index (χ2v) is 8.56. The lowest BCUT2D eigenvalue weighted by atomic mass is 9.86. The van der Waals surface area contributed by atoms with Gasteiger partial charge in [-0.3, -0.25) is 0 Å². The molecule has 4 rings (SSSR count). The molecule has 0 saturated heterocycles. The van der Waals surface area contributed by atoms with Crippen molar-refractivity contribution in [1.82, 2.24) is 14.8 Å². The molecule has 1 aromatic heterocycles. The summed E-state index contributed by atoms with van der Waals surface area (Å²) in [5, 5.41) is 12.8. The topological polar surface area (TPSA) is 30.7 Å². The molecule has 1 aliphatic rings. The zero-order valence-corrected chi connectivity index (χ0v) is 17.0. The van der Waals surface area contributed by atoms with Gasteiger partial charge in [0.15, 0.2) is 5.16 Å². The van der Waals surface area contributed by atoms with E-state index in [2.05, 4.69) is 64.2 Å². The van der Waals surface area contributed by atoms with Crippen molar-refractivity contribution in [1.29, 1.82) is 0 Å². The van der Waals surface area contributed by atoms with E-state index >= 15 is 0 Å². The van der Waals surface area contributed by atoms with E-state index in [-0.39, 0.29) is 0 Å². The lowest BCUT2D eigenvalue weighted by Crippen LogP contribution is -2.10. The Morgan fingerprint density at radius 1 is 1.00 bits per heavy atom. The number of benzene rings is 2. The molecule has 3 aromatic rings. The largest absolute Gasteiger partial charge is 0.306 e. The second kappa shape index (κ2) is 8.92. The molecule has 0 amide bonds. The van der Waals surface area contributed by atoms with E-state index in [9.17, 15) is 0 Å². The average Bonchev–Trinajstić information content (AvgIpc) is 3.13. The number of nitrogens with zero attached hydrogens (tertiary/aromatic N) is 3. The van der Waals surface area contributed by atoms with Gasteiger partial charge in [-0.05, 0) is 35.6 Å². The molecule has 0 spiro atoms. The van der Waals surface area contributed by atoms with Crippen LogP contribution in [0.2, 0.25) is 0 Å². The summed E-state index contributed by atoms with van der Waals surface area (Å²) in [5.41, 5.74) is 1.37. The summed E-state index contributed by atoms with van der Waals surface area (Å²) in [6.07, 6.45) is 9.41. The van der Waals surface area contributed by atoms with Gasteiger partial charge in [-0.15, -0.1) is 10.2 Å². The van der Waals surface area contributed by atoms with Gasteiger partial charge in [-0.1, -0.05) is 86.3 Å². The summed E-state index contributed by atoms with van der Waals surface area (Å²) in [6.45, 7) is 3.15. The van der Waals surface area contributed by atoms with Crippen molar-refractivity contribution in [3.05, 3.63) is 53.9 Å². The molecule has 0 N–H and O–H groups in total. The molecule has 3 nitrogen and oxygen atoms in total. The third-order valence-electron chi connectivity index (χ3n) is 5.85. The third-order valence-corrected chi connectivity index (χ3v) is 6.86. The van der Waals surface area contributed by atoms with Crippen LogP contribution in [0, 0.1) is 5.92 Å². The molecule has 4 heteroatoms. The Morgan fingerprint density at radius 2 is 1.81 bits per heavy atom. The fourth-order valence-corrected chi connectivity index (χ4v) is 5.32. The molecule has 1 fully saturated rings. The standard InChI is InChI=1S/C23H29N3S/c1-2-26-22(16-15-18-9-4-3-5-10-18)24-25-23(26)27-17-20-13-8-12-19-11-6-7-14-21(19)20/h6-8,11-14,18H,2-5,9-10,15-17H2,1H3. The minimum absolute atomic E-state index is 0.896. The summed E-state index contributed by atoms with van der Waals surface area (Å²) in [7, 11) is 0. The van der Waals surface area contributed by atoms with Crippen LogP contribution in [-0.2, 0) is 18.7 Å². The molecule has 2 aromatic carbocycles. The van der Waals surface area contributed by atoms with Crippen LogP contribution in [-0.4, -0.2) is 14.8 Å². The number of fused-ring (bicyclic) bond motifs is 1.